The lowest BCUT2D eigenvalue weighted by Gasteiger charge is -2.10. The van der Waals surface area contributed by atoms with E-state index in [1.807, 2.05) is 6.92 Å². The first-order valence-electron chi connectivity index (χ1n) is 4.04. The van der Waals surface area contributed by atoms with Gasteiger partial charge in [-0.3, -0.25) is 4.79 Å². The lowest BCUT2D eigenvalue weighted by atomic mass is 10.2. The number of hydrogen-bond donors (Lipinski definition) is 4. The second-order valence-electron chi connectivity index (χ2n) is 2.87. The molecule has 0 spiro atoms. The van der Waals surface area contributed by atoms with Crippen molar-refractivity contribution in [3.05, 3.63) is 0 Å². The summed E-state index contributed by atoms with van der Waals surface area (Å²) in [6, 6.07) is 0.0176. The molecular formula is C7H16N4O2. The van der Waals surface area contributed by atoms with E-state index in [1.165, 1.54) is 0 Å². The number of primary amides is 1. The molecule has 0 bridgehead atoms. The van der Waals surface area contributed by atoms with E-state index >= 15 is 0 Å². The van der Waals surface area contributed by atoms with Gasteiger partial charge in [0.25, 0.3) is 0 Å². The number of amidine groups is 1. The summed E-state index contributed by atoms with van der Waals surface area (Å²) in [5.41, 5.74) is 10.2. The summed E-state index contributed by atoms with van der Waals surface area (Å²) in [6.45, 7) is 2.40. The number of carbonyl (C=O) groups excluding carboxylic acids is 1. The van der Waals surface area contributed by atoms with E-state index in [0.29, 0.717) is 13.0 Å². The molecule has 0 fully saturated rings. The maximum atomic E-state index is 10.5. The van der Waals surface area contributed by atoms with E-state index in [9.17, 15) is 4.79 Å². The molecule has 0 aromatic carbocycles. The fraction of sp³-hybridized carbons (Fsp3) is 0.714. The van der Waals surface area contributed by atoms with Crippen molar-refractivity contribution in [2.75, 3.05) is 6.54 Å². The van der Waals surface area contributed by atoms with Crippen molar-refractivity contribution in [2.45, 2.75) is 25.8 Å². The molecule has 0 aromatic rings. The second kappa shape index (κ2) is 6.24. The van der Waals surface area contributed by atoms with E-state index in [0.717, 1.165) is 0 Å². The molecular weight excluding hydrogens is 172 g/mol. The molecule has 76 valence electrons. The summed E-state index contributed by atoms with van der Waals surface area (Å²) < 4.78 is 0. The third kappa shape index (κ3) is 7.07. The van der Waals surface area contributed by atoms with E-state index in [1.54, 1.807) is 0 Å². The monoisotopic (exact) mass is 188 g/mol. The summed E-state index contributed by atoms with van der Waals surface area (Å²) in [5.74, 6) is -0.178. The molecule has 0 aliphatic heterocycles. The van der Waals surface area contributed by atoms with E-state index in [2.05, 4.69) is 10.5 Å². The van der Waals surface area contributed by atoms with Crippen LogP contribution in [0.25, 0.3) is 0 Å². The maximum absolute atomic E-state index is 10.5. The van der Waals surface area contributed by atoms with Crippen LogP contribution in [-0.2, 0) is 4.79 Å². The van der Waals surface area contributed by atoms with Gasteiger partial charge in [-0.2, -0.15) is 0 Å². The topological polar surface area (TPSA) is 114 Å². The van der Waals surface area contributed by atoms with Gasteiger partial charge in [-0.05, 0) is 6.92 Å². The van der Waals surface area contributed by atoms with Gasteiger partial charge in [0.2, 0.25) is 5.91 Å². The Hall–Kier alpha value is -1.30. The third-order valence-electron chi connectivity index (χ3n) is 1.51. The SMILES string of the molecule is CC(CC(N)=O)NCCC(N)=NO. The minimum absolute atomic E-state index is 0.0176. The number of nitrogens with one attached hydrogen (secondary N) is 1. The van der Waals surface area contributed by atoms with Crippen molar-refractivity contribution < 1.29 is 10.0 Å². The van der Waals surface area contributed by atoms with Crippen molar-refractivity contribution in [1.29, 1.82) is 0 Å². The van der Waals surface area contributed by atoms with Crippen LogP contribution in [0.5, 0.6) is 0 Å². The maximum Gasteiger partial charge on any atom is 0.218 e. The highest BCUT2D eigenvalue weighted by Crippen LogP contribution is 1.89. The van der Waals surface area contributed by atoms with E-state index < -0.39 is 0 Å². The minimum atomic E-state index is -0.344. The Morgan fingerprint density at radius 3 is 2.69 bits per heavy atom. The summed E-state index contributed by atoms with van der Waals surface area (Å²) in [7, 11) is 0. The number of hydrogen-bond acceptors (Lipinski definition) is 4. The lowest BCUT2D eigenvalue weighted by Crippen LogP contribution is -2.33. The van der Waals surface area contributed by atoms with Crippen LogP contribution in [0, 0.1) is 0 Å². The number of amides is 1. The van der Waals surface area contributed by atoms with Crippen molar-refractivity contribution in [1.82, 2.24) is 5.32 Å². The van der Waals surface area contributed by atoms with Gasteiger partial charge in [0.15, 0.2) is 0 Å². The zero-order valence-electron chi connectivity index (χ0n) is 7.66. The molecule has 1 atom stereocenters. The quantitative estimate of drug-likeness (QED) is 0.185. The normalized spacial score (nSPS) is 14.1. The second-order valence-corrected chi connectivity index (χ2v) is 2.87. The third-order valence-corrected chi connectivity index (χ3v) is 1.51. The Balaban J connectivity index is 3.47. The molecule has 0 aliphatic rings. The van der Waals surface area contributed by atoms with Gasteiger partial charge in [0, 0.05) is 25.4 Å². The first-order chi connectivity index (χ1) is 6.06. The number of nitrogens with zero attached hydrogens (tertiary/aromatic N) is 1. The van der Waals surface area contributed by atoms with Crippen LogP contribution in [0.1, 0.15) is 19.8 Å². The zero-order valence-corrected chi connectivity index (χ0v) is 7.66. The fourth-order valence-electron chi connectivity index (χ4n) is 0.871. The molecule has 6 N–H and O–H groups in total. The van der Waals surface area contributed by atoms with Gasteiger partial charge in [0.05, 0.1) is 0 Å². The predicted octanol–water partition coefficient (Wildman–Crippen LogP) is -1.02. The van der Waals surface area contributed by atoms with Crippen LogP contribution >= 0.6 is 0 Å². The van der Waals surface area contributed by atoms with Gasteiger partial charge >= 0.3 is 0 Å². The molecule has 6 heteroatoms. The first kappa shape index (κ1) is 11.7. The van der Waals surface area contributed by atoms with Crippen LogP contribution < -0.4 is 16.8 Å². The highest BCUT2D eigenvalue weighted by atomic mass is 16.4. The average Bonchev–Trinajstić information content (AvgIpc) is 2.02. The first-order valence-corrected chi connectivity index (χ1v) is 4.04. The Morgan fingerprint density at radius 1 is 1.62 bits per heavy atom. The largest absolute Gasteiger partial charge is 0.409 e. The Kier molecular flexibility index (Phi) is 5.62. The Bertz CT molecular complexity index is 193. The average molecular weight is 188 g/mol. The van der Waals surface area contributed by atoms with Crippen molar-refractivity contribution >= 4 is 11.7 Å². The Labute approximate surface area is 77.0 Å². The molecule has 0 rings (SSSR count). The van der Waals surface area contributed by atoms with Gasteiger partial charge in [0.1, 0.15) is 5.84 Å². The smallest absolute Gasteiger partial charge is 0.218 e. The summed E-state index contributed by atoms with van der Waals surface area (Å²) in [4.78, 5) is 10.5. The minimum Gasteiger partial charge on any atom is -0.409 e. The lowest BCUT2D eigenvalue weighted by molar-refractivity contribution is -0.118. The van der Waals surface area contributed by atoms with Gasteiger partial charge in [-0.15, -0.1) is 0 Å². The molecule has 1 amide bonds. The Morgan fingerprint density at radius 2 is 2.23 bits per heavy atom. The molecule has 0 heterocycles. The molecule has 1 unspecified atom stereocenters. The van der Waals surface area contributed by atoms with Crippen LogP contribution in [0.3, 0.4) is 0 Å². The van der Waals surface area contributed by atoms with E-state index in [4.69, 9.17) is 16.7 Å². The number of rotatable bonds is 6. The molecule has 6 nitrogen and oxygen atoms in total. The predicted molar refractivity (Wildman–Crippen MR) is 49.3 cm³/mol. The molecule has 13 heavy (non-hydrogen) atoms. The standard InChI is InChI=1S/C7H16N4O2/c1-5(4-7(9)12)10-3-2-6(8)11-13/h5,10,13H,2-4H2,1H3,(H2,8,11)(H2,9,12). The van der Waals surface area contributed by atoms with Gasteiger partial charge in [-0.25, -0.2) is 0 Å². The molecule has 0 aromatic heterocycles. The molecule has 0 aliphatic carbocycles. The zero-order chi connectivity index (χ0) is 10.3. The van der Waals surface area contributed by atoms with Crippen molar-refractivity contribution in [3.8, 4) is 0 Å². The summed E-state index contributed by atoms with van der Waals surface area (Å²) in [6.07, 6.45) is 0.732. The number of nitrogens with two attached hydrogens (primary N) is 2. The fourth-order valence-corrected chi connectivity index (χ4v) is 0.871. The van der Waals surface area contributed by atoms with Crippen LogP contribution in [0.2, 0.25) is 0 Å². The highest BCUT2D eigenvalue weighted by molar-refractivity contribution is 5.79. The summed E-state index contributed by atoms with van der Waals surface area (Å²) in [5, 5.41) is 14.0. The van der Waals surface area contributed by atoms with Crippen molar-refractivity contribution in [2.24, 2.45) is 16.6 Å². The molecule has 0 radical (unpaired) electrons. The van der Waals surface area contributed by atoms with Gasteiger partial charge < -0.3 is 22.0 Å². The van der Waals surface area contributed by atoms with Crippen LogP contribution in [0.15, 0.2) is 5.16 Å². The number of oxime groups is 1. The number of carbonyl (C=O) groups is 1. The van der Waals surface area contributed by atoms with E-state index in [-0.39, 0.29) is 24.2 Å². The van der Waals surface area contributed by atoms with Crippen molar-refractivity contribution in [3.63, 3.8) is 0 Å². The van der Waals surface area contributed by atoms with Crippen LogP contribution in [-0.4, -0.2) is 29.5 Å². The molecule has 0 saturated carbocycles. The van der Waals surface area contributed by atoms with Crippen LogP contribution in [0.4, 0.5) is 0 Å². The summed E-state index contributed by atoms with van der Waals surface area (Å²) >= 11 is 0. The molecule has 0 saturated heterocycles. The highest BCUT2D eigenvalue weighted by Gasteiger charge is 2.04. The van der Waals surface area contributed by atoms with Gasteiger partial charge in [-0.1, -0.05) is 5.16 Å².